The Morgan fingerprint density at radius 3 is 3.00 bits per heavy atom. The lowest BCUT2D eigenvalue weighted by atomic mass is 9.94. The van der Waals surface area contributed by atoms with Gasteiger partial charge in [-0.15, -0.1) is 0 Å². The zero-order chi connectivity index (χ0) is 15.6. The maximum absolute atomic E-state index is 12.0. The Labute approximate surface area is 135 Å². The van der Waals surface area contributed by atoms with Crippen LogP contribution in [0.1, 0.15) is 30.0 Å². The summed E-state index contributed by atoms with van der Waals surface area (Å²) in [6.45, 7) is 2.86. The van der Waals surface area contributed by atoms with Crippen LogP contribution in [0.25, 0.3) is 0 Å². The molecule has 3 rings (SSSR count). The zero-order valence-corrected chi connectivity index (χ0v) is 14.2. The van der Waals surface area contributed by atoms with Crippen molar-refractivity contribution < 1.29 is 8.42 Å². The van der Waals surface area contributed by atoms with Gasteiger partial charge in [0.2, 0.25) is 0 Å². The third-order valence-electron chi connectivity index (χ3n) is 4.08. The van der Waals surface area contributed by atoms with E-state index in [0.29, 0.717) is 4.90 Å². The summed E-state index contributed by atoms with van der Waals surface area (Å²) in [6, 6.07) is 5.53. The van der Waals surface area contributed by atoms with Gasteiger partial charge in [0.1, 0.15) is 0 Å². The van der Waals surface area contributed by atoms with Crippen LogP contribution in [-0.2, 0) is 16.4 Å². The van der Waals surface area contributed by atoms with E-state index in [1.54, 1.807) is 29.7 Å². The number of thiophene rings is 1. The fourth-order valence-corrected chi connectivity index (χ4v) is 4.67. The molecule has 1 saturated heterocycles. The highest BCUT2D eigenvalue weighted by Gasteiger charge is 2.27. The highest BCUT2D eigenvalue weighted by molar-refractivity contribution is 7.90. The van der Waals surface area contributed by atoms with Crippen LogP contribution in [0.15, 0.2) is 40.1 Å². The summed E-state index contributed by atoms with van der Waals surface area (Å²) in [5.41, 5.74) is 2.06. The van der Waals surface area contributed by atoms with Gasteiger partial charge < -0.3 is 0 Å². The highest BCUT2D eigenvalue weighted by Crippen LogP contribution is 2.30. The third-order valence-corrected chi connectivity index (χ3v) is 5.95. The van der Waals surface area contributed by atoms with Crippen LogP contribution in [0, 0.1) is 0 Å². The molecule has 1 atom stereocenters. The van der Waals surface area contributed by atoms with Crippen LogP contribution < -0.4 is 0 Å². The third kappa shape index (κ3) is 3.56. The molecule has 0 bridgehead atoms. The van der Waals surface area contributed by atoms with Crippen molar-refractivity contribution in [1.29, 1.82) is 0 Å². The minimum absolute atomic E-state index is 0.193. The predicted molar refractivity (Wildman–Crippen MR) is 88.9 cm³/mol. The number of hydrogen-bond acceptors (Lipinski definition) is 5. The summed E-state index contributed by atoms with van der Waals surface area (Å²) >= 11 is 1.71. The van der Waals surface area contributed by atoms with Crippen molar-refractivity contribution in [1.82, 2.24) is 9.88 Å². The average Bonchev–Trinajstić information content (AvgIpc) is 3.00. The van der Waals surface area contributed by atoms with E-state index < -0.39 is 9.84 Å². The number of rotatable bonds is 4. The molecule has 0 saturated carbocycles. The predicted octanol–water partition coefficient (Wildman–Crippen LogP) is 2.93. The molecule has 0 amide bonds. The van der Waals surface area contributed by atoms with Crippen LogP contribution in [0.2, 0.25) is 0 Å². The normalized spacial score (nSPS) is 20.1. The second-order valence-corrected chi connectivity index (χ2v) is 8.63. The molecule has 0 N–H and O–H groups in total. The molecule has 1 fully saturated rings. The quantitative estimate of drug-likeness (QED) is 0.861. The summed E-state index contributed by atoms with van der Waals surface area (Å²) < 4.78 is 24.0. The topological polar surface area (TPSA) is 50.3 Å². The van der Waals surface area contributed by atoms with Gasteiger partial charge in [-0.3, -0.25) is 9.88 Å². The molecule has 0 aliphatic carbocycles. The van der Waals surface area contributed by atoms with E-state index in [1.165, 1.54) is 11.8 Å². The molecule has 0 spiro atoms. The summed E-state index contributed by atoms with van der Waals surface area (Å²) in [5.74, 6) is 0.193. The first-order valence-corrected chi connectivity index (χ1v) is 10.3. The SMILES string of the molecule is CS(=O)(=O)c1cccnc1[C@H]1CCCN(Cc2ccsc2)C1. The highest BCUT2D eigenvalue weighted by atomic mass is 32.2. The second-order valence-electron chi connectivity index (χ2n) is 5.86. The molecule has 1 aliphatic heterocycles. The van der Waals surface area contributed by atoms with Crippen molar-refractivity contribution in [2.24, 2.45) is 0 Å². The van der Waals surface area contributed by atoms with Gasteiger partial charge in [0.15, 0.2) is 9.84 Å². The molecule has 6 heteroatoms. The largest absolute Gasteiger partial charge is 0.298 e. The van der Waals surface area contributed by atoms with Gasteiger partial charge in [0, 0.05) is 31.5 Å². The van der Waals surface area contributed by atoms with E-state index in [2.05, 4.69) is 26.7 Å². The Kier molecular flexibility index (Phi) is 4.61. The fourth-order valence-electron chi connectivity index (χ4n) is 3.09. The number of sulfone groups is 1. The summed E-state index contributed by atoms with van der Waals surface area (Å²) in [4.78, 5) is 7.18. The molecular formula is C16H20N2O2S2. The van der Waals surface area contributed by atoms with Crippen LogP contribution in [-0.4, -0.2) is 37.6 Å². The van der Waals surface area contributed by atoms with Crippen molar-refractivity contribution in [3.05, 3.63) is 46.4 Å². The fraction of sp³-hybridized carbons (Fsp3) is 0.438. The van der Waals surface area contributed by atoms with Gasteiger partial charge >= 0.3 is 0 Å². The molecule has 1 aliphatic rings. The molecule has 3 heterocycles. The van der Waals surface area contributed by atoms with Gasteiger partial charge in [0.05, 0.1) is 10.6 Å². The Bertz CT molecular complexity index is 726. The van der Waals surface area contributed by atoms with Crippen LogP contribution in [0.5, 0.6) is 0 Å². The van der Waals surface area contributed by atoms with Gasteiger partial charge in [-0.25, -0.2) is 8.42 Å². The van der Waals surface area contributed by atoms with E-state index in [0.717, 1.165) is 38.2 Å². The Morgan fingerprint density at radius 1 is 1.41 bits per heavy atom. The van der Waals surface area contributed by atoms with Crippen LogP contribution in [0.3, 0.4) is 0 Å². The number of piperidine rings is 1. The maximum atomic E-state index is 12.0. The summed E-state index contributed by atoms with van der Waals surface area (Å²) in [6.07, 6.45) is 5.04. The van der Waals surface area contributed by atoms with Gasteiger partial charge in [0.25, 0.3) is 0 Å². The minimum atomic E-state index is -3.23. The molecule has 22 heavy (non-hydrogen) atoms. The first-order chi connectivity index (χ1) is 10.5. The van der Waals surface area contributed by atoms with E-state index >= 15 is 0 Å². The number of pyridine rings is 1. The van der Waals surface area contributed by atoms with E-state index in [4.69, 9.17) is 0 Å². The lowest BCUT2D eigenvalue weighted by Gasteiger charge is -2.32. The summed E-state index contributed by atoms with van der Waals surface area (Å²) in [7, 11) is -3.23. The molecule has 0 unspecified atom stereocenters. The first kappa shape index (κ1) is 15.6. The maximum Gasteiger partial charge on any atom is 0.177 e. The zero-order valence-electron chi connectivity index (χ0n) is 12.6. The number of nitrogens with zero attached hydrogens (tertiary/aromatic N) is 2. The van der Waals surface area contributed by atoms with Crippen LogP contribution in [0.4, 0.5) is 0 Å². The van der Waals surface area contributed by atoms with Gasteiger partial charge in [-0.1, -0.05) is 0 Å². The molecule has 2 aromatic rings. The number of hydrogen-bond donors (Lipinski definition) is 0. The van der Waals surface area contributed by atoms with Crippen molar-refractivity contribution in [2.75, 3.05) is 19.3 Å². The van der Waals surface area contributed by atoms with Crippen molar-refractivity contribution in [3.8, 4) is 0 Å². The first-order valence-electron chi connectivity index (χ1n) is 7.42. The van der Waals surface area contributed by atoms with E-state index in [1.807, 2.05) is 0 Å². The molecule has 4 nitrogen and oxygen atoms in total. The summed E-state index contributed by atoms with van der Waals surface area (Å²) in [5, 5.41) is 4.27. The van der Waals surface area contributed by atoms with Crippen molar-refractivity contribution >= 4 is 21.2 Å². The van der Waals surface area contributed by atoms with Crippen molar-refractivity contribution in [3.63, 3.8) is 0 Å². The minimum Gasteiger partial charge on any atom is -0.298 e. The number of likely N-dealkylation sites (tertiary alicyclic amines) is 1. The van der Waals surface area contributed by atoms with Gasteiger partial charge in [-0.2, -0.15) is 11.3 Å². The molecular weight excluding hydrogens is 316 g/mol. The lowest BCUT2D eigenvalue weighted by molar-refractivity contribution is 0.197. The standard InChI is InChI=1S/C16H20N2O2S2/c1-22(19,20)15-5-2-7-17-16(15)14-4-3-8-18(11-14)10-13-6-9-21-12-13/h2,5-7,9,12,14H,3-4,8,10-11H2,1H3/t14-/m0/s1. The van der Waals surface area contributed by atoms with E-state index in [-0.39, 0.29) is 5.92 Å². The molecule has 0 aromatic carbocycles. The monoisotopic (exact) mass is 336 g/mol. The molecule has 0 radical (unpaired) electrons. The Morgan fingerprint density at radius 2 is 2.27 bits per heavy atom. The second kappa shape index (κ2) is 6.48. The van der Waals surface area contributed by atoms with Crippen molar-refractivity contribution in [2.45, 2.75) is 30.2 Å². The Hall–Kier alpha value is -1.24. The smallest absolute Gasteiger partial charge is 0.177 e. The lowest BCUT2D eigenvalue weighted by Crippen LogP contribution is -2.34. The molecule has 2 aromatic heterocycles. The van der Waals surface area contributed by atoms with Crippen LogP contribution >= 0.6 is 11.3 Å². The van der Waals surface area contributed by atoms with E-state index in [9.17, 15) is 8.42 Å². The van der Waals surface area contributed by atoms with Gasteiger partial charge in [-0.05, 0) is 53.9 Å². The number of aromatic nitrogens is 1. The average molecular weight is 336 g/mol. The Balaban J connectivity index is 1.80. The molecule has 118 valence electrons.